The molecule has 0 aromatic heterocycles. The second kappa shape index (κ2) is 10.6. The summed E-state index contributed by atoms with van der Waals surface area (Å²) < 4.78 is 33.6. The number of carbonyl (C=O) groups excluding carboxylic acids is 1. The van der Waals surface area contributed by atoms with Gasteiger partial charge < -0.3 is 10.1 Å². The maximum atomic E-state index is 13.6. The zero-order valence-corrected chi connectivity index (χ0v) is 20.3. The summed E-state index contributed by atoms with van der Waals surface area (Å²) in [4.78, 5) is 13.2. The number of hydrogen-bond acceptors (Lipinski definition) is 4. The number of sulfonamides is 1. The standard InChI is InChI=1S/C26H30N2O4S/c1-5-22-13-9-10-19(2)26(22)27-25(29)18-28(17-21-11-7-6-8-12-21)33(30,31)23-14-15-24(32-4)20(3)16-23/h6-16H,5,17-18H2,1-4H3,(H,27,29). The number of rotatable bonds is 9. The topological polar surface area (TPSA) is 75.7 Å². The van der Waals surface area contributed by atoms with Crippen molar-refractivity contribution < 1.29 is 17.9 Å². The van der Waals surface area contributed by atoms with E-state index >= 15 is 0 Å². The van der Waals surface area contributed by atoms with Crippen LogP contribution in [0.4, 0.5) is 5.69 Å². The Bertz CT molecular complexity index is 1220. The second-order valence-corrected chi connectivity index (χ2v) is 9.84. The van der Waals surface area contributed by atoms with Crippen LogP contribution in [-0.4, -0.2) is 32.3 Å². The Hall–Kier alpha value is -3.16. The van der Waals surface area contributed by atoms with Gasteiger partial charge in [0, 0.05) is 12.2 Å². The van der Waals surface area contributed by atoms with E-state index in [4.69, 9.17) is 4.74 Å². The molecule has 3 aromatic rings. The summed E-state index contributed by atoms with van der Waals surface area (Å²) in [6.07, 6.45) is 0.758. The summed E-state index contributed by atoms with van der Waals surface area (Å²) in [6, 6.07) is 19.8. The van der Waals surface area contributed by atoms with Crippen LogP contribution in [0.3, 0.4) is 0 Å². The zero-order chi connectivity index (χ0) is 24.0. The van der Waals surface area contributed by atoms with Crippen LogP contribution in [0.5, 0.6) is 5.75 Å². The minimum atomic E-state index is -3.94. The molecule has 0 fully saturated rings. The minimum absolute atomic E-state index is 0.0794. The van der Waals surface area contributed by atoms with Crippen molar-refractivity contribution in [1.29, 1.82) is 0 Å². The molecule has 0 saturated carbocycles. The van der Waals surface area contributed by atoms with Crippen molar-refractivity contribution in [3.63, 3.8) is 0 Å². The molecule has 6 nitrogen and oxygen atoms in total. The first-order chi connectivity index (χ1) is 15.8. The van der Waals surface area contributed by atoms with Crippen LogP contribution < -0.4 is 10.1 Å². The van der Waals surface area contributed by atoms with Crippen LogP contribution >= 0.6 is 0 Å². The number of benzene rings is 3. The van der Waals surface area contributed by atoms with Gasteiger partial charge >= 0.3 is 0 Å². The predicted octanol–water partition coefficient (Wildman–Crippen LogP) is 4.70. The van der Waals surface area contributed by atoms with Crippen LogP contribution in [0.2, 0.25) is 0 Å². The molecule has 3 rings (SSSR count). The zero-order valence-electron chi connectivity index (χ0n) is 19.5. The van der Waals surface area contributed by atoms with Crippen LogP contribution in [0.15, 0.2) is 71.6 Å². The lowest BCUT2D eigenvalue weighted by atomic mass is 10.1. The minimum Gasteiger partial charge on any atom is -0.496 e. The SMILES string of the molecule is CCc1cccc(C)c1NC(=O)CN(Cc1ccccc1)S(=O)(=O)c1ccc(OC)c(C)c1. The molecule has 0 saturated heterocycles. The van der Waals surface area contributed by atoms with Gasteiger partial charge in [-0.2, -0.15) is 4.31 Å². The molecule has 7 heteroatoms. The molecule has 174 valence electrons. The summed E-state index contributed by atoms with van der Waals surface area (Å²) in [5.41, 5.74) is 4.18. The average Bonchev–Trinajstić information content (AvgIpc) is 2.80. The van der Waals surface area contributed by atoms with E-state index in [-0.39, 0.29) is 23.9 Å². The summed E-state index contributed by atoms with van der Waals surface area (Å²) >= 11 is 0. The molecular formula is C26H30N2O4S. The molecule has 3 aromatic carbocycles. The third kappa shape index (κ3) is 5.80. The molecular weight excluding hydrogens is 436 g/mol. The first-order valence-electron chi connectivity index (χ1n) is 10.8. The normalized spacial score (nSPS) is 11.4. The van der Waals surface area contributed by atoms with E-state index < -0.39 is 10.0 Å². The Morgan fingerprint density at radius 1 is 0.970 bits per heavy atom. The number of amides is 1. The van der Waals surface area contributed by atoms with E-state index in [1.54, 1.807) is 26.2 Å². The van der Waals surface area contributed by atoms with E-state index in [0.29, 0.717) is 11.3 Å². The van der Waals surface area contributed by atoms with Gasteiger partial charge in [-0.05, 0) is 60.7 Å². The van der Waals surface area contributed by atoms with Crippen molar-refractivity contribution in [3.05, 3.63) is 89.0 Å². The van der Waals surface area contributed by atoms with Gasteiger partial charge in [-0.15, -0.1) is 0 Å². The van der Waals surface area contributed by atoms with E-state index in [1.165, 1.54) is 10.4 Å². The highest BCUT2D eigenvalue weighted by Crippen LogP contribution is 2.26. The Morgan fingerprint density at radius 3 is 2.33 bits per heavy atom. The van der Waals surface area contributed by atoms with Crippen LogP contribution in [0.25, 0.3) is 0 Å². The highest BCUT2D eigenvalue weighted by atomic mass is 32.2. The number of nitrogens with zero attached hydrogens (tertiary/aromatic N) is 1. The van der Waals surface area contributed by atoms with Crippen molar-refractivity contribution in [2.24, 2.45) is 0 Å². The van der Waals surface area contributed by atoms with Gasteiger partial charge in [0.15, 0.2) is 0 Å². The molecule has 1 N–H and O–H groups in total. The summed E-state index contributed by atoms with van der Waals surface area (Å²) in [5.74, 6) is 0.219. The molecule has 0 atom stereocenters. The number of carbonyl (C=O) groups is 1. The van der Waals surface area contributed by atoms with Crippen LogP contribution in [0.1, 0.15) is 29.2 Å². The van der Waals surface area contributed by atoms with Crippen molar-refractivity contribution in [1.82, 2.24) is 4.31 Å². The van der Waals surface area contributed by atoms with E-state index in [9.17, 15) is 13.2 Å². The molecule has 0 spiro atoms. The maximum absolute atomic E-state index is 13.6. The number of ether oxygens (including phenoxy) is 1. The van der Waals surface area contributed by atoms with E-state index in [0.717, 1.165) is 28.8 Å². The van der Waals surface area contributed by atoms with Gasteiger partial charge in [0.25, 0.3) is 0 Å². The molecule has 0 heterocycles. The van der Waals surface area contributed by atoms with Crippen LogP contribution in [-0.2, 0) is 27.8 Å². The van der Waals surface area contributed by atoms with Gasteiger partial charge in [0.05, 0.1) is 18.6 Å². The second-order valence-electron chi connectivity index (χ2n) is 7.90. The van der Waals surface area contributed by atoms with Crippen molar-refractivity contribution in [3.8, 4) is 5.75 Å². The largest absolute Gasteiger partial charge is 0.496 e. The van der Waals surface area contributed by atoms with Crippen molar-refractivity contribution in [2.75, 3.05) is 19.0 Å². The van der Waals surface area contributed by atoms with Gasteiger partial charge in [0.1, 0.15) is 5.75 Å². The number of anilines is 1. The Labute approximate surface area is 196 Å². The molecule has 0 bridgehead atoms. The molecule has 0 aliphatic rings. The monoisotopic (exact) mass is 466 g/mol. The molecule has 0 radical (unpaired) electrons. The molecule has 1 amide bonds. The quantitative estimate of drug-likeness (QED) is 0.496. The van der Waals surface area contributed by atoms with Gasteiger partial charge in [0.2, 0.25) is 15.9 Å². The molecule has 33 heavy (non-hydrogen) atoms. The number of methoxy groups -OCH3 is 1. The lowest BCUT2D eigenvalue weighted by Crippen LogP contribution is -2.37. The number of para-hydroxylation sites is 1. The maximum Gasteiger partial charge on any atom is 0.243 e. The lowest BCUT2D eigenvalue weighted by Gasteiger charge is -2.23. The first kappa shape index (κ1) is 24.5. The number of nitrogens with one attached hydrogen (secondary N) is 1. The molecule has 0 aliphatic carbocycles. The average molecular weight is 467 g/mol. The van der Waals surface area contributed by atoms with Gasteiger partial charge in [-0.25, -0.2) is 8.42 Å². The third-order valence-electron chi connectivity index (χ3n) is 5.53. The summed E-state index contributed by atoms with van der Waals surface area (Å²) in [6.45, 7) is 5.50. The Kier molecular flexibility index (Phi) is 7.89. The summed E-state index contributed by atoms with van der Waals surface area (Å²) in [5, 5.41) is 2.93. The van der Waals surface area contributed by atoms with E-state index in [2.05, 4.69) is 5.32 Å². The van der Waals surface area contributed by atoms with Gasteiger partial charge in [-0.1, -0.05) is 55.5 Å². The molecule has 0 unspecified atom stereocenters. The smallest absolute Gasteiger partial charge is 0.243 e. The van der Waals surface area contributed by atoms with Crippen molar-refractivity contribution >= 4 is 21.6 Å². The van der Waals surface area contributed by atoms with Crippen molar-refractivity contribution in [2.45, 2.75) is 38.6 Å². The fraction of sp³-hybridized carbons (Fsp3) is 0.269. The highest BCUT2D eigenvalue weighted by Gasteiger charge is 2.28. The number of aryl methyl sites for hydroxylation is 3. The molecule has 0 aliphatic heterocycles. The summed E-state index contributed by atoms with van der Waals surface area (Å²) in [7, 11) is -2.40. The Balaban J connectivity index is 1.93. The lowest BCUT2D eigenvalue weighted by molar-refractivity contribution is -0.116. The predicted molar refractivity (Wildman–Crippen MR) is 131 cm³/mol. The van der Waals surface area contributed by atoms with Gasteiger partial charge in [-0.3, -0.25) is 4.79 Å². The number of hydrogen-bond donors (Lipinski definition) is 1. The third-order valence-corrected chi connectivity index (χ3v) is 7.32. The highest BCUT2D eigenvalue weighted by molar-refractivity contribution is 7.89. The van der Waals surface area contributed by atoms with Crippen LogP contribution in [0, 0.1) is 13.8 Å². The van der Waals surface area contributed by atoms with E-state index in [1.807, 2.05) is 62.4 Å². The fourth-order valence-corrected chi connectivity index (χ4v) is 5.18. The first-order valence-corrected chi connectivity index (χ1v) is 12.3. The Morgan fingerprint density at radius 2 is 1.70 bits per heavy atom. The fourth-order valence-electron chi connectivity index (χ4n) is 3.71.